The molecular weight excluding hydrogens is 280 g/mol. The van der Waals surface area contributed by atoms with E-state index in [1.54, 1.807) is 19.1 Å². The standard InChI is InChI=1S/C12H10N4O3S/c1-7-10(17)16(12(20)15-14-7)13-6-8-2-4-9(5-3-8)11(18)19/h2-6H,1H3,(H,15,20)(H,18,19)/b13-6+. The predicted molar refractivity (Wildman–Crippen MR) is 74.8 cm³/mol. The van der Waals surface area contributed by atoms with Gasteiger partial charge in [-0.15, -0.1) is 0 Å². The van der Waals surface area contributed by atoms with Crippen molar-refractivity contribution in [3.63, 3.8) is 0 Å². The van der Waals surface area contributed by atoms with Gasteiger partial charge in [0.2, 0.25) is 4.77 Å². The molecule has 1 heterocycles. The van der Waals surface area contributed by atoms with Crippen molar-refractivity contribution in [1.29, 1.82) is 0 Å². The van der Waals surface area contributed by atoms with Gasteiger partial charge in [-0.25, -0.2) is 4.79 Å². The van der Waals surface area contributed by atoms with Gasteiger partial charge in [0.05, 0.1) is 11.8 Å². The second-order valence-corrected chi connectivity index (χ2v) is 4.29. The zero-order chi connectivity index (χ0) is 14.7. The van der Waals surface area contributed by atoms with Crippen molar-refractivity contribution in [2.45, 2.75) is 6.92 Å². The predicted octanol–water partition coefficient (Wildman–Crippen LogP) is 1.19. The lowest BCUT2D eigenvalue weighted by atomic mass is 10.1. The fourth-order valence-corrected chi connectivity index (χ4v) is 1.59. The molecule has 0 aliphatic rings. The highest BCUT2D eigenvalue weighted by Gasteiger charge is 2.02. The van der Waals surface area contributed by atoms with E-state index in [4.69, 9.17) is 17.3 Å². The Morgan fingerprint density at radius 1 is 1.45 bits per heavy atom. The molecule has 0 unspecified atom stereocenters. The Labute approximate surface area is 118 Å². The Morgan fingerprint density at radius 2 is 2.10 bits per heavy atom. The summed E-state index contributed by atoms with van der Waals surface area (Å²) in [5, 5.41) is 19.0. The number of aromatic nitrogens is 3. The normalized spacial score (nSPS) is 10.8. The minimum absolute atomic E-state index is 0.0824. The Hall–Kier alpha value is -2.61. The van der Waals surface area contributed by atoms with Gasteiger partial charge in [0.15, 0.2) is 0 Å². The SMILES string of the molecule is Cc1n[nH]c(=S)n(/N=C/c2ccc(C(=O)O)cc2)c1=O. The molecule has 2 aromatic rings. The van der Waals surface area contributed by atoms with Crippen LogP contribution in [0.25, 0.3) is 0 Å². The lowest BCUT2D eigenvalue weighted by Gasteiger charge is -1.99. The van der Waals surface area contributed by atoms with Crippen LogP contribution in [0.1, 0.15) is 21.6 Å². The van der Waals surface area contributed by atoms with Crippen LogP contribution in [0.5, 0.6) is 0 Å². The molecule has 0 atom stereocenters. The van der Waals surface area contributed by atoms with Crippen molar-refractivity contribution in [2.24, 2.45) is 5.10 Å². The van der Waals surface area contributed by atoms with Gasteiger partial charge < -0.3 is 5.11 Å². The second-order valence-electron chi connectivity index (χ2n) is 3.90. The van der Waals surface area contributed by atoms with Gasteiger partial charge in [0.25, 0.3) is 5.56 Å². The quantitative estimate of drug-likeness (QED) is 0.653. The molecule has 1 aromatic carbocycles. The van der Waals surface area contributed by atoms with Gasteiger partial charge in [-0.2, -0.15) is 14.9 Å². The van der Waals surface area contributed by atoms with E-state index in [1.165, 1.54) is 18.3 Å². The van der Waals surface area contributed by atoms with Crippen LogP contribution in [-0.2, 0) is 0 Å². The van der Waals surface area contributed by atoms with Crippen LogP contribution in [0.4, 0.5) is 0 Å². The number of H-pyrrole nitrogens is 1. The molecule has 0 spiro atoms. The summed E-state index contributed by atoms with van der Waals surface area (Å²) < 4.78 is 1.10. The van der Waals surface area contributed by atoms with E-state index in [-0.39, 0.29) is 16.0 Å². The first-order valence-corrected chi connectivity index (χ1v) is 5.96. The number of nitrogens with zero attached hydrogens (tertiary/aromatic N) is 3. The van der Waals surface area contributed by atoms with Gasteiger partial charge in [-0.3, -0.25) is 9.89 Å². The van der Waals surface area contributed by atoms with E-state index >= 15 is 0 Å². The minimum Gasteiger partial charge on any atom is -0.478 e. The maximum absolute atomic E-state index is 11.8. The van der Waals surface area contributed by atoms with Gasteiger partial charge in [0, 0.05) is 0 Å². The van der Waals surface area contributed by atoms with Gasteiger partial charge in [0.1, 0.15) is 5.69 Å². The van der Waals surface area contributed by atoms with Crippen LogP contribution in [0, 0.1) is 11.7 Å². The van der Waals surface area contributed by atoms with E-state index in [9.17, 15) is 9.59 Å². The lowest BCUT2D eigenvalue weighted by Crippen LogP contribution is -2.22. The number of aromatic amines is 1. The highest BCUT2D eigenvalue weighted by atomic mass is 32.1. The van der Waals surface area contributed by atoms with Crippen molar-refractivity contribution in [1.82, 2.24) is 14.9 Å². The Balaban J connectivity index is 2.35. The first-order chi connectivity index (χ1) is 9.49. The van der Waals surface area contributed by atoms with E-state index in [0.29, 0.717) is 5.56 Å². The molecule has 0 saturated heterocycles. The van der Waals surface area contributed by atoms with Crippen molar-refractivity contribution in [3.05, 3.63) is 56.2 Å². The number of aryl methyl sites for hydroxylation is 1. The molecule has 0 bridgehead atoms. The minimum atomic E-state index is -1.00. The number of hydrogen-bond donors (Lipinski definition) is 2. The number of nitrogens with one attached hydrogen (secondary N) is 1. The fourth-order valence-electron chi connectivity index (χ4n) is 1.41. The summed E-state index contributed by atoms with van der Waals surface area (Å²) in [6, 6.07) is 6.06. The Bertz CT molecular complexity index is 790. The molecule has 102 valence electrons. The highest BCUT2D eigenvalue weighted by Crippen LogP contribution is 2.02. The summed E-state index contributed by atoms with van der Waals surface area (Å²) in [5.74, 6) is -1.00. The van der Waals surface area contributed by atoms with Crippen molar-refractivity contribution >= 4 is 24.4 Å². The monoisotopic (exact) mass is 290 g/mol. The number of carboxylic acid groups (broad SMARTS) is 1. The summed E-state index contributed by atoms with van der Waals surface area (Å²) in [5.41, 5.74) is 0.659. The summed E-state index contributed by atoms with van der Waals surface area (Å²) in [6.45, 7) is 1.54. The number of carbonyl (C=O) groups is 1. The number of carboxylic acids is 1. The Kier molecular flexibility index (Phi) is 3.85. The third kappa shape index (κ3) is 2.86. The van der Waals surface area contributed by atoms with Gasteiger partial charge in [-0.05, 0) is 36.8 Å². The zero-order valence-electron chi connectivity index (χ0n) is 10.4. The molecular formula is C12H10N4O3S. The molecule has 1 aromatic heterocycles. The summed E-state index contributed by atoms with van der Waals surface area (Å²) >= 11 is 4.92. The molecule has 2 N–H and O–H groups in total. The molecule has 0 fully saturated rings. The Morgan fingerprint density at radius 3 is 2.70 bits per heavy atom. The first kappa shape index (κ1) is 13.8. The molecule has 0 radical (unpaired) electrons. The number of rotatable bonds is 3. The van der Waals surface area contributed by atoms with Crippen LogP contribution in [-0.4, -0.2) is 32.2 Å². The zero-order valence-corrected chi connectivity index (χ0v) is 11.2. The third-order valence-corrected chi connectivity index (χ3v) is 2.76. The molecule has 0 aliphatic carbocycles. The lowest BCUT2D eigenvalue weighted by molar-refractivity contribution is 0.0697. The molecule has 0 saturated carbocycles. The summed E-state index contributed by atoms with van der Waals surface area (Å²) in [4.78, 5) is 22.5. The van der Waals surface area contributed by atoms with Crippen molar-refractivity contribution in [3.8, 4) is 0 Å². The van der Waals surface area contributed by atoms with Crippen LogP contribution in [0.15, 0.2) is 34.2 Å². The first-order valence-electron chi connectivity index (χ1n) is 5.55. The third-order valence-electron chi connectivity index (χ3n) is 2.49. The molecule has 7 nitrogen and oxygen atoms in total. The van der Waals surface area contributed by atoms with Crippen LogP contribution < -0.4 is 5.56 Å². The van der Waals surface area contributed by atoms with Crippen molar-refractivity contribution in [2.75, 3.05) is 0 Å². The van der Waals surface area contributed by atoms with E-state index in [2.05, 4.69) is 15.3 Å². The molecule has 2 rings (SSSR count). The van der Waals surface area contributed by atoms with E-state index in [1.807, 2.05) is 0 Å². The number of hydrogen-bond acceptors (Lipinski definition) is 5. The summed E-state index contributed by atoms with van der Waals surface area (Å²) in [6.07, 6.45) is 1.41. The largest absolute Gasteiger partial charge is 0.478 e. The average Bonchev–Trinajstić information content (AvgIpc) is 2.43. The molecule has 0 amide bonds. The van der Waals surface area contributed by atoms with E-state index < -0.39 is 11.5 Å². The van der Waals surface area contributed by atoms with E-state index in [0.717, 1.165) is 4.68 Å². The maximum atomic E-state index is 11.8. The topological polar surface area (TPSA) is 100 Å². The number of aromatic carboxylic acids is 1. The second kappa shape index (κ2) is 5.57. The number of benzene rings is 1. The fraction of sp³-hybridized carbons (Fsp3) is 0.0833. The van der Waals surface area contributed by atoms with Gasteiger partial charge >= 0.3 is 5.97 Å². The van der Waals surface area contributed by atoms with Gasteiger partial charge in [-0.1, -0.05) is 12.1 Å². The van der Waals surface area contributed by atoms with Crippen LogP contribution in [0.3, 0.4) is 0 Å². The van der Waals surface area contributed by atoms with Crippen LogP contribution >= 0.6 is 12.2 Å². The summed E-state index contributed by atoms with van der Waals surface area (Å²) in [7, 11) is 0. The smallest absolute Gasteiger partial charge is 0.335 e. The average molecular weight is 290 g/mol. The van der Waals surface area contributed by atoms with Crippen LogP contribution in [0.2, 0.25) is 0 Å². The molecule has 8 heteroatoms. The molecule has 0 aliphatic heterocycles. The van der Waals surface area contributed by atoms with Crippen molar-refractivity contribution < 1.29 is 9.90 Å². The maximum Gasteiger partial charge on any atom is 0.335 e. The molecule has 20 heavy (non-hydrogen) atoms. The highest BCUT2D eigenvalue weighted by molar-refractivity contribution is 7.71.